The molecule has 3 atom stereocenters. The summed E-state index contributed by atoms with van der Waals surface area (Å²) in [4.78, 5) is 31.5. The third-order valence-electron chi connectivity index (χ3n) is 4.97. The van der Waals surface area contributed by atoms with Crippen LogP contribution in [-0.4, -0.2) is 49.9 Å². The molecule has 7 nitrogen and oxygen atoms in total. The molecule has 0 spiro atoms. The molecule has 0 N–H and O–H groups in total. The quantitative estimate of drug-likeness (QED) is 0.831. The van der Waals surface area contributed by atoms with E-state index < -0.39 is 0 Å². The molecule has 0 saturated carbocycles. The maximum absolute atomic E-state index is 12.6. The number of aryl methyl sites for hydroxylation is 2. The van der Waals surface area contributed by atoms with Crippen LogP contribution in [0.1, 0.15) is 46.6 Å². The Kier molecular flexibility index (Phi) is 4.17. The van der Waals surface area contributed by atoms with Crippen LogP contribution in [0.4, 0.5) is 0 Å². The number of ether oxygens (including phenoxy) is 1. The molecule has 130 valence electrons. The van der Waals surface area contributed by atoms with E-state index in [4.69, 9.17) is 4.74 Å². The molecule has 2 aromatic heterocycles. The standard InChI is InChI=1S/C18H21N5O2/c1-11-8-21-15(9-20-11)18(24)23-6-4-13-7-16(25-17(13)10-23)14-3-5-19-12(2)22-14/h3,5,8-9,13,16-17H,4,6-7,10H2,1-2H3/t13-,16-,17+/m0/s1. The van der Waals surface area contributed by atoms with Gasteiger partial charge >= 0.3 is 0 Å². The van der Waals surface area contributed by atoms with Gasteiger partial charge in [0.15, 0.2) is 0 Å². The van der Waals surface area contributed by atoms with Gasteiger partial charge in [-0.3, -0.25) is 9.78 Å². The molecule has 0 aromatic carbocycles. The van der Waals surface area contributed by atoms with E-state index in [9.17, 15) is 4.79 Å². The third kappa shape index (κ3) is 3.24. The van der Waals surface area contributed by atoms with Gasteiger partial charge in [-0.2, -0.15) is 0 Å². The average molecular weight is 339 g/mol. The van der Waals surface area contributed by atoms with Crippen LogP contribution < -0.4 is 0 Å². The smallest absolute Gasteiger partial charge is 0.274 e. The van der Waals surface area contributed by atoms with Crippen molar-refractivity contribution in [2.75, 3.05) is 13.1 Å². The Morgan fingerprint density at radius 3 is 2.88 bits per heavy atom. The van der Waals surface area contributed by atoms with Crippen LogP contribution in [0.15, 0.2) is 24.7 Å². The molecule has 1 amide bonds. The fourth-order valence-electron chi connectivity index (χ4n) is 3.62. The Morgan fingerprint density at radius 1 is 1.24 bits per heavy atom. The van der Waals surface area contributed by atoms with Crippen LogP contribution in [0.5, 0.6) is 0 Å². The third-order valence-corrected chi connectivity index (χ3v) is 4.97. The fourth-order valence-corrected chi connectivity index (χ4v) is 3.62. The van der Waals surface area contributed by atoms with Crippen LogP contribution in [0.25, 0.3) is 0 Å². The number of nitrogens with zero attached hydrogens (tertiary/aromatic N) is 5. The number of piperidine rings is 1. The minimum Gasteiger partial charge on any atom is -0.367 e. The number of amides is 1. The topological polar surface area (TPSA) is 81.1 Å². The Morgan fingerprint density at radius 2 is 2.12 bits per heavy atom. The first-order valence-electron chi connectivity index (χ1n) is 8.63. The van der Waals surface area contributed by atoms with Crippen molar-refractivity contribution in [1.29, 1.82) is 0 Å². The van der Waals surface area contributed by atoms with E-state index in [-0.39, 0.29) is 18.1 Å². The highest BCUT2D eigenvalue weighted by molar-refractivity contribution is 5.92. The highest BCUT2D eigenvalue weighted by atomic mass is 16.5. The number of carbonyl (C=O) groups is 1. The van der Waals surface area contributed by atoms with Gasteiger partial charge in [0.2, 0.25) is 0 Å². The van der Waals surface area contributed by atoms with Crippen molar-refractivity contribution in [3.05, 3.63) is 47.6 Å². The van der Waals surface area contributed by atoms with E-state index in [0.29, 0.717) is 18.2 Å². The van der Waals surface area contributed by atoms with Crippen LogP contribution in [0.3, 0.4) is 0 Å². The molecule has 0 radical (unpaired) electrons. The largest absolute Gasteiger partial charge is 0.367 e. The lowest BCUT2D eigenvalue weighted by Gasteiger charge is -2.33. The summed E-state index contributed by atoms with van der Waals surface area (Å²) >= 11 is 0. The molecule has 2 fully saturated rings. The molecule has 2 aliphatic rings. The van der Waals surface area contributed by atoms with Crippen molar-refractivity contribution in [2.45, 2.75) is 38.9 Å². The highest BCUT2D eigenvalue weighted by Gasteiger charge is 2.41. The van der Waals surface area contributed by atoms with Gasteiger partial charge in [0.1, 0.15) is 17.6 Å². The van der Waals surface area contributed by atoms with Crippen LogP contribution in [-0.2, 0) is 4.74 Å². The highest BCUT2D eigenvalue weighted by Crippen LogP contribution is 2.40. The van der Waals surface area contributed by atoms with Crippen molar-refractivity contribution in [2.24, 2.45) is 5.92 Å². The maximum atomic E-state index is 12.6. The summed E-state index contributed by atoms with van der Waals surface area (Å²) in [7, 11) is 0. The van der Waals surface area contributed by atoms with Crippen molar-refractivity contribution < 1.29 is 9.53 Å². The summed E-state index contributed by atoms with van der Waals surface area (Å²) in [5.74, 6) is 1.15. The summed E-state index contributed by atoms with van der Waals surface area (Å²) in [6.45, 7) is 5.07. The molecule has 0 unspecified atom stereocenters. The minimum atomic E-state index is -0.0733. The second kappa shape index (κ2) is 6.48. The molecular weight excluding hydrogens is 318 g/mol. The van der Waals surface area contributed by atoms with E-state index in [0.717, 1.165) is 36.6 Å². The summed E-state index contributed by atoms with van der Waals surface area (Å²) < 4.78 is 6.22. The fraction of sp³-hybridized carbons (Fsp3) is 0.500. The van der Waals surface area contributed by atoms with E-state index in [1.807, 2.05) is 24.8 Å². The van der Waals surface area contributed by atoms with E-state index in [1.54, 1.807) is 18.6 Å². The number of likely N-dealkylation sites (tertiary alicyclic amines) is 1. The monoisotopic (exact) mass is 339 g/mol. The molecule has 2 saturated heterocycles. The zero-order valence-corrected chi connectivity index (χ0v) is 14.4. The molecular formula is C18H21N5O2. The number of fused-ring (bicyclic) bond motifs is 1. The molecule has 4 heterocycles. The minimum absolute atomic E-state index is 0.00841. The molecule has 0 bridgehead atoms. The van der Waals surface area contributed by atoms with Crippen LogP contribution in [0.2, 0.25) is 0 Å². The van der Waals surface area contributed by atoms with Gasteiger partial charge in [0, 0.05) is 25.5 Å². The van der Waals surface area contributed by atoms with Gasteiger partial charge in [-0.1, -0.05) is 0 Å². The number of aromatic nitrogens is 4. The summed E-state index contributed by atoms with van der Waals surface area (Å²) in [6, 6.07) is 1.92. The predicted molar refractivity (Wildman–Crippen MR) is 89.8 cm³/mol. The molecule has 4 rings (SSSR count). The van der Waals surface area contributed by atoms with Gasteiger partial charge in [-0.15, -0.1) is 0 Å². The number of hydrogen-bond acceptors (Lipinski definition) is 6. The maximum Gasteiger partial charge on any atom is 0.274 e. The van der Waals surface area contributed by atoms with Crippen molar-refractivity contribution in [3.63, 3.8) is 0 Å². The lowest BCUT2D eigenvalue weighted by molar-refractivity contribution is -0.00585. The Hall–Kier alpha value is -2.41. The average Bonchev–Trinajstić information content (AvgIpc) is 3.05. The Bertz CT molecular complexity index is 779. The SMILES string of the molecule is Cc1cnc(C(=O)N2CC[C@H]3C[C@@H](c4ccnc(C)n4)O[C@@H]3C2)cn1. The number of hydrogen-bond donors (Lipinski definition) is 0. The second-order valence-corrected chi connectivity index (χ2v) is 6.77. The van der Waals surface area contributed by atoms with Crippen LogP contribution in [0, 0.1) is 19.8 Å². The first kappa shape index (κ1) is 16.1. The molecule has 25 heavy (non-hydrogen) atoms. The van der Waals surface area contributed by atoms with Gasteiger partial charge in [-0.25, -0.2) is 15.0 Å². The molecule has 0 aliphatic carbocycles. The van der Waals surface area contributed by atoms with E-state index >= 15 is 0 Å². The summed E-state index contributed by atoms with van der Waals surface area (Å²) in [6.07, 6.45) is 6.88. The van der Waals surface area contributed by atoms with E-state index in [1.165, 1.54) is 0 Å². The predicted octanol–water partition coefficient (Wildman–Crippen LogP) is 1.88. The zero-order chi connectivity index (χ0) is 17.4. The number of carbonyl (C=O) groups excluding carboxylic acids is 1. The summed E-state index contributed by atoms with van der Waals surface area (Å²) in [5, 5.41) is 0. The first-order valence-corrected chi connectivity index (χ1v) is 8.63. The van der Waals surface area contributed by atoms with Gasteiger partial charge in [-0.05, 0) is 38.7 Å². The molecule has 2 aromatic rings. The number of rotatable bonds is 2. The van der Waals surface area contributed by atoms with E-state index in [2.05, 4.69) is 19.9 Å². The zero-order valence-electron chi connectivity index (χ0n) is 14.4. The second-order valence-electron chi connectivity index (χ2n) is 6.77. The van der Waals surface area contributed by atoms with Gasteiger partial charge < -0.3 is 9.64 Å². The normalized spacial score (nSPS) is 25.7. The summed E-state index contributed by atoms with van der Waals surface area (Å²) in [5.41, 5.74) is 2.13. The van der Waals surface area contributed by atoms with Crippen molar-refractivity contribution in [3.8, 4) is 0 Å². The lowest BCUT2D eigenvalue weighted by Crippen LogP contribution is -2.45. The Balaban J connectivity index is 1.44. The lowest BCUT2D eigenvalue weighted by atomic mass is 9.91. The molecule has 2 aliphatic heterocycles. The van der Waals surface area contributed by atoms with Gasteiger partial charge in [0.25, 0.3) is 5.91 Å². The van der Waals surface area contributed by atoms with Crippen molar-refractivity contribution in [1.82, 2.24) is 24.8 Å². The van der Waals surface area contributed by atoms with Crippen molar-refractivity contribution >= 4 is 5.91 Å². The Labute approximate surface area is 146 Å². The van der Waals surface area contributed by atoms with Gasteiger partial charge in [0.05, 0.1) is 23.7 Å². The molecule has 7 heteroatoms. The first-order chi connectivity index (χ1) is 12.1. The van der Waals surface area contributed by atoms with Crippen LogP contribution >= 0.6 is 0 Å².